The van der Waals surface area contributed by atoms with Crippen molar-refractivity contribution in [1.29, 1.82) is 0 Å². The fourth-order valence-electron chi connectivity index (χ4n) is 3.32. The van der Waals surface area contributed by atoms with Gasteiger partial charge in [-0.3, -0.25) is 4.98 Å². The molecule has 0 spiro atoms. The number of ether oxygens (including phenoxy) is 1. The number of aromatic nitrogens is 1. The van der Waals surface area contributed by atoms with Gasteiger partial charge in [-0.25, -0.2) is 0 Å². The van der Waals surface area contributed by atoms with Crippen LogP contribution in [0.3, 0.4) is 0 Å². The smallest absolute Gasteiger partial charge is 0.142 e. The van der Waals surface area contributed by atoms with Crippen LogP contribution in [0, 0.1) is 12.8 Å². The summed E-state index contributed by atoms with van der Waals surface area (Å²) in [4.78, 5) is 4.70. The Balaban J connectivity index is 1.70. The number of nitrogens with one attached hydrogen (secondary N) is 1. The molecule has 2 unspecified atom stereocenters. The minimum Gasteiger partial charge on any atom is -0.488 e. The van der Waals surface area contributed by atoms with E-state index >= 15 is 0 Å². The number of nitrogens with zero attached hydrogens (tertiary/aromatic N) is 1. The van der Waals surface area contributed by atoms with E-state index in [1.807, 2.05) is 0 Å². The molecule has 3 heteroatoms. The highest BCUT2D eigenvalue weighted by molar-refractivity contribution is 5.29. The first-order valence-corrected chi connectivity index (χ1v) is 8.63. The van der Waals surface area contributed by atoms with Crippen LogP contribution in [0.5, 0.6) is 5.75 Å². The van der Waals surface area contributed by atoms with E-state index in [9.17, 15) is 0 Å². The van der Waals surface area contributed by atoms with Gasteiger partial charge in [0, 0.05) is 18.3 Å². The predicted octanol–water partition coefficient (Wildman–Crippen LogP) is 3.99. The molecule has 0 bridgehead atoms. The zero-order valence-corrected chi connectivity index (χ0v) is 13.4. The average molecular weight is 288 g/mol. The van der Waals surface area contributed by atoms with Crippen molar-refractivity contribution in [2.75, 3.05) is 0 Å². The molecule has 0 aliphatic heterocycles. The maximum Gasteiger partial charge on any atom is 0.142 e. The van der Waals surface area contributed by atoms with Crippen LogP contribution in [-0.2, 0) is 6.54 Å². The Labute approximate surface area is 128 Å². The Bertz CT molecular complexity index is 470. The maximum absolute atomic E-state index is 6.40. The lowest BCUT2D eigenvalue weighted by molar-refractivity contribution is 0.0887. The summed E-state index contributed by atoms with van der Waals surface area (Å²) in [5.74, 6) is 1.71. The third kappa shape index (κ3) is 3.97. The highest BCUT2D eigenvalue weighted by Gasteiger charge is 2.26. The van der Waals surface area contributed by atoms with E-state index in [0.29, 0.717) is 18.1 Å². The Kier molecular flexibility index (Phi) is 4.79. The zero-order chi connectivity index (χ0) is 14.7. The highest BCUT2D eigenvalue weighted by Crippen LogP contribution is 2.31. The summed E-state index contributed by atoms with van der Waals surface area (Å²) in [7, 11) is 0. The summed E-state index contributed by atoms with van der Waals surface area (Å²) in [6, 6.07) is 4.89. The molecule has 21 heavy (non-hydrogen) atoms. The largest absolute Gasteiger partial charge is 0.488 e. The first-order chi connectivity index (χ1) is 10.3. The van der Waals surface area contributed by atoms with E-state index in [1.165, 1.54) is 44.9 Å². The molecule has 0 aromatic carbocycles. The second kappa shape index (κ2) is 6.78. The lowest BCUT2D eigenvalue weighted by atomic mass is 9.85. The van der Waals surface area contributed by atoms with Crippen LogP contribution < -0.4 is 10.1 Å². The van der Waals surface area contributed by atoms with Crippen molar-refractivity contribution in [3.05, 3.63) is 23.5 Å². The van der Waals surface area contributed by atoms with Crippen molar-refractivity contribution in [2.24, 2.45) is 5.92 Å². The predicted molar refractivity (Wildman–Crippen MR) is 85.5 cm³/mol. The van der Waals surface area contributed by atoms with Crippen molar-refractivity contribution in [2.45, 2.75) is 77.5 Å². The molecular weight excluding hydrogens is 260 g/mol. The molecule has 116 valence electrons. The molecule has 1 N–H and O–H groups in total. The van der Waals surface area contributed by atoms with E-state index < -0.39 is 0 Å². The molecule has 3 nitrogen and oxygen atoms in total. The van der Waals surface area contributed by atoms with Gasteiger partial charge in [-0.1, -0.05) is 13.3 Å². The van der Waals surface area contributed by atoms with Crippen molar-refractivity contribution >= 4 is 0 Å². The van der Waals surface area contributed by atoms with Crippen molar-refractivity contribution in [3.63, 3.8) is 0 Å². The van der Waals surface area contributed by atoms with Crippen molar-refractivity contribution in [1.82, 2.24) is 10.3 Å². The molecule has 1 aromatic heterocycles. The van der Waals surface area contributed by atoms with Gasteiger partial charge >= 0.3 is 0 Å². The summed E-state index contributed by atoms with van der Waals surface area (Å²) in [6.45, 7) is 5.18. The minimum atomic E-state index is 0.382. The summed E-state index contributed by atoms with van der Waals surface area (Å²) < 4.78 is 6.40. The first kappa shape index (κ1) is 14.8. The quantitative estimate of drug-likeness (QED) is 0.859. The molecule has 3 rings (SSSR count). The van der Waals surface area contributed by atoms with E-state index in [1.54, 1.807) is 0 Å². The lowest BCUT2D eigenvalue weighted by Gasteiger charge is -2.31. The van der Waals surface area contributed by atoms with Crippen LogP contribution in [-0.4, -0.2) is 17.1 Å². The van der Waals surface area contributed by atoms with Gasteiger partial charge in [0.25, 0.3) is 0 Å². The van der Waals surface area contributed by atoms with Gasteiger partial charge in [0.15, 0.2) is 0 Å². The van der Waals surface area contributed by atoms with Gasteiger partial charge in [0.1, 0.15) is 11.9 Å². The fraction of sp³-hybridized carbons (Fsp3) is 0.722. The number of pyridine rings is 1. The molecule has 2 saturated carbocycles. The van der Waals surface area contributed by atoms with Crippen molar-refractivity contribution < 1.29 is 4.74 Å². The van der Waals surface area contributed by atoms with Gasteiger partial charge in [-0.15, -0.1) is 0 Å². The molecule has 2 aliphatic carbocycles. The van der Waals surface area contributed by atoms with Gasteiger partial charge in [0.2, 0.25) is 0 Å². The number of hydrogen-bond donors (Lipinski definition) is 1. The SMILES string of the molecule is CCC1CCCCC1Oc1ccc(C)nc1CNC1CC1. The van der Waals surface area contributed by atoms with Crippen LogP contribution in [0.1, 0.15) is 63.3 Å². The second-order valence-corrected chi connectivity index (χ2v) is 6.66. The topological polar surface area (TPSA) is 34.1 Å². The number of rotatable bonds is 6. The molecule has 0 saturated heterocycles. The molecule has 2 aliphatic rings. The molecule has 1 heterocycles. The highest BCUT2D eigenvalue weighted by atomic mass is 16.5. The van der Waals surface area contributed by atoms with E-state index in [4.69, 9.17) is 9.72 Å². The first-order valence-electron chi connectivity index (χ1n) is 8.63. The third-order valence-corrected chi connectivity index (χ3v) is 4.85. The average Bonchev–Trinajstić information content (AvgIpc) is 3.32. The standard InChI is InChI=1S/C18H28N2O/c1-3-14-6-4-5-7-17(14)21-18-11-8-13(2)20-16(18)12-19-15-9-10-15/h8,11,14-15,17,19H,3-7,9-10,12H2,1-2H3. The zero-order valence-electron chi connectivity index (χ0n) is 13.4. The molecule has 2 atom stereocenters. The van der Waals surface area contributed by atoms with Crippen LogP contribution in [0.15, 0.2) is 12.1 Å². The normalized spacial score (nSPS) is 25.8. The van der Waals surface area contributed by atoms with E-state index in [0.717, 1.165) is 23.7 Å². The molecule has 0 radical (unpaired) electrons. The van der Waals surface area contributed by atoms with Crippen LogP contribution in [0.4, 0.5) is 0 Å². The molecule has 0 amide bonds. The number of aryl methyl sites for hydroxylation is 1. The lowest BCUT2D eigenvalue weighted by Crippen LogP contribution is -2.30. The minimum absolute atomic E-state index is 0.382. The Morgan fingerprint density at radius 2 is 2.00 bits per heavy atom. The van der Waals surface area contributed by atoms with Gasteiger partial charge < -0.3 is 10.1 Å². The molecule has 1 aromatic rings. The summed E-state index contributed by atoms with van der Waals surface area (Å²) >= 11 is 0. The summed E-state index contributed by atoms with van der Waals surface area (Å²) in [5.41, 5.74) is 2.16. The van der Waals surface area contributed by atoms with Crippen LogP contribution >= 0.6 is 0 Å². The van der Waals surface area contributed by atoms with Crippen LogP contribution in [0.25, 0.3) is 0 Å². The van der Waals surface area contributed by atoms with E-state index in [2.05, 4.69) is 31.3 Å². The summed E-state index contributed by atoms with van der Waals surface area (Å²) in [6.07, 6.45) is 9.40. The Morgan fingerprint density at radius 1 is 1.19 bits per heavy atom. The molecule has 2 fully saturated rings. The molecular formula is C18H28N2O. The van der Waals surface area contributed by atoms with Crippen LogP contribution in [0.2, 0.25) is 0 Å². The maximum atomic E-state index is 6.40. The van der Waals surface area contributed by atoms with Gasteiger partial charge in [-0.2, -0.15) is 0 Å². The van der Waals surface area contributed by atoms with E-state index in [-0.39, 0.29) is 0 Å². The van der Waals surface area contributed by atoms with Crippen molar-refractivity contribution in [3.8, 4) is 5.75 Å². The Morgan fingerprint density at radius 3 is 2.76 bits per heavy atom. The summed E-state index contributed by atoms with van der Waals surface area (Å²) in [5, 5.41) is 3.56. The third-order valence-electron chi connectivity index (χ3n) is 4.85. The number of hydrogen-bond acceptors (Lipinski definition) is 3. The van der Waals surface area contributed by atoms with Gasteiger partial charge in [-0.05, 0) is 63.5 Å². The monoisotopic (exact) mass is 288 g/mol. The Hall–Kier alpha value is -1.09. The fourth-order valence-corrected chi connectivity index (χ4v) is 3.32. The second-order valence-electron chi connectivity index (χ2n) is 6.66. The van der Waals surface area contributed by atoms with Gasteiger partial charge in [0.05, 0.1) is 5.69 Å².